The predicted molar refractivity (Wildman–Crippen MR) is 71.8 cm³/mol. The highest BCUT2D eigenvalue weighted by Crippen LogP contribution is 2.26. The molecule has 1 atom stereocenters. The van der Waals surface area contributed by atoms with E-state index in [0.29, 0.717) is 13.0 Å². The van der Waals surface area contributed by atoms with Crippen molar-refractivity contribution in [1.29, 1.82) is 0 Å². The molecule has 0 saturated carbocycles. The standard InChI is InChI=1S/C15H19NO3/c1-10(15(18)19)6-7-16-14(17)13-8-11-4-2-3-5-12(11)9-13/h2-5,10,13H,6-9H2,1H3,(H,16,17)(H,18,19). The van der Waals surface area contributed by atoms with Crippen LogP contribution in [-0.2, 0) is 22.4 Å². The van der Waals surface area contributed by atoms with Crippen molar-refractivity contribution >= 4 is 11.9 Å². The van der Waals surface area contributed by atoms with Crippen LogP contribution in [0, 0.1) is 11.8 Å². The molecule has 1 aliphatic carbocycles. The molecule has 4 heteroatoms. The summed E-state index contributed by atoms with van der Waals surface area (Å²) < 4.78 is 0. The van der Waals surface area contributed by atoms with Crippen LogP contribution >= 0.6 is 0 Å². The molecule has 0 spiro atoms. The first kappa shape index (κ1) is 13.6. The van der Waals surface area contributed by atoms with E-state index in [-0.39, 0.29) is 11.8 Å². The number of hydrogen-bond acceptors (Lipinski definition) is 2. The van der Waals surface area contributed by atoms with Gasteiger partial charge in [-0.25, -0.2) is 0 Å². The van der Waals surface area contributed by atoms with Crippen molar-refractivity contribution in [2.24, 2.45) is 11.8 Å². The molecule has 0 radical (unpaired) electrons. The molecule has 1 aromatic rings. The topological polar surface area (TPSA) is 66.4 Å². The highest BCUT2D eigenvalue weighted by molar-refractivity contribution is 5.80. The van der Waals surface area contributed by atoms with Crippen molar-refractivity contribution in [2.75, 3.05) is 6.54 Å². The van der Waals surface area contributed by atoms with Gasteiger partial charge in [0.15, 0.2) is 0 Å². The first-order valence-electron chi connectivity index (χ1n) is 6.65. The van der Waals surface area contributed by atoms with Gasteiger partial charge in [0, 0.05) is 12.5 Å². The first-order chi connectivity index (χ1) is 9.08. The van der Waals surface area contributed by atoms with Crippen LogP contribution in [0.2, 0.25) is 0 Å². The molecule has 0 aliphatic heterocycles. The summed E-state index contributed by atoms with van der Waals surface area (Å²) in [5.74, 6) is -1.20. The number of carboxylic acids is 1. The fraction of sp³-hybridized carbons (Fsp3) is 0.467. The second kappa shape index (κ2) is 5.87. The monoisotopic (exact) mass is 261 g/mol. The molecule has 0 bridgehead atoms. The van der Waals surface area contributed by atoms with Crippen LogP contribution in [-0.4, -0.2) is 23.5 Å². The molecule has 102 valence electrons. The van der Waals surface area contributed by atoms with Crippen molar-refractivity contribution in [3.05, 3.63) is 35.4 Å². The largest absolute Gasteiger partial charge is 0.481 e. The van der Waals surface area contributed by atoms with Crippen LogP contribution in [0.25, 0.3) is 0 Å². The molecule has 1 aliphatic rings. The van der Waals surface area contributed by atoms with E-state index >= 15 is 0 Å². The SMILES string of the molecule is CC(CCNC(=O)C1Cc2ccccc2C1)C(=O)O. The highest BCUT2D eigenvalue weighted by atomic mass is 16.4. The molecule has 19 heavy (non-hydrogen) atoms. The Labute approximate surface area is 112 Å². The van der Waals surface area contributed by atoms with Gasteiger partial charge in [0.1, 0.15) is 0 Å². The number of fused-ring (bicyclic) bond motifs is 1. The van der Waals surface area contributed by atoms with Gasteiger partial charge in [-0.05, 0) is 30.4 Å². The maximum atomic E-state index is 12.0. The maximum Gasteiger partial charge on any atom is 0.306 e. The smallest absolute Gasteiger partial charge is 0.306 e. The number of nitrogens with one attached hydrogen (secondary N) is 1. The average Bonchev–Trinajstić information content (AvgIpc) is 2.82. The molecule has 2 N–H and O–H groups in total. The first-order valence-corrected chi connectivity index (χ1v) is 6.65. The van der Waals surface area contributed by atoms with Gasteiger partial charge in [0.25, 0.3) is 0 Å². The summed E-state index contributed by atoms with van der Waals surface area (Å²) in [6.07, 6.45) is 2.05. The van der Waals surface area contributed by atoms with E-state index < -0.39 is 11.9 Å². The molecule has 4 nitrogen and oxygen atoms in total. The van der Waals surface area contributed by atoms with E-state index in [9.17, 15) is 9.59 Å². The zero-order valence-electron chi connectivity index (χ0n) is 11.1. The number of aliphatic carboxylic acids is 1. The molecule has 0 aromatic heterocycles. The van der Waals surface area contributed by atoms with Gasteiger partial charge < -0.3 is 10.4 Å². The molecule has 0 heterocycles. The molecular weight excluding hydrogens is 242 g/mol. The minimum Gasteiger partial charge on any atom is -0.481 e. The number of carbonyl (C=O) groups is 2. The fourth-order valence-corrected chi connectivity index (χ4v) is 2.42. The van der Waals surface area contributed by atoms with Crippen molar-refractivity contribution < 1.29 is 14.7 Å². The normalized spacial score (nSPS) is 15.8. The molecule has 0 saturated heterocycles. The summed E-state index contributed by atoms with van der Waals surface area (Å²) >= 11 is 0. The van der Waals surface area contributed by atoms with Crippen LogP contribution in [0.4, 0.5) is 0 Å². The van der Waals surface area contributed by atoms with Gasteiger partial charge in [0.05, 0.1) is 5.92 Å². The second-order valence-corrected chi connectivity index (χ2v) is 5.19. The van der Waals surface area contributed by atoms with Crippen molar-refractivity contribution in [3.8, 4) is 0 Å². The molecule has 1 aromatic carbocycles. The minimum atomic E-state index is -0.817. The number of carbonyl (C=O) groups excluding carboxylic acids is 1. The van der Waals surface area contributed by atoms with Gasteiger partial charge in [-0.3, -0.25) is 9.59 Å². The molecule has 1 amide bonds. The lowest BCUT2D eigenvalue weighted by molar-refractivity contribution is -0.141. The van der Waals surface area contributed by atoms with Gasteiger partial charge in [-0.1, -0.05) is 31.2 Å². The van der Waals surface area contributed by atoms with Gasteiger partial charge >= 0.3 is 5.97 Å². The van der Waals surface area contributed by atoms with Gasteiger partial charge in [-0.15, -0.1) is 0 Å². The summed E-state index contributed by atoms with van der Waals surface area (Å²) in [6.45, 7) is 2.08. The predicted octanol–water partition coefficient (Wildman–Crippen LogP) is 1.63. The zero-order valence-corrected chi connectivity index (χ0v) is 11.1. The Balaban J connectivity index is 1.79. The summed E-state index contributed by atoms with van der Waals surface area (Å²) in [7, 11) is 0. The molecular formula is C15H19NO3. The minimum absolute atomic E-state index is 0.00228. The van der Waals surface area contributed by atoms with E-state index in [2.05, 4.69) is 17.4 Å². The Morgan fingerprint density at radius 3 is 2.42 bits per heavy atom. The number of benzene rings is 1. The Kier molecular flexibility index (Phi) is 4.20. The zero-order chi connectivity index (χ0) is 13.8. The Bertz CT molecular complexity index is 459. The van der Waals surface area contributed by atoms with Crippen molar-refractivity contribution in [2.45, 2.75) is 26.2 Å². The van der Waals surface area contributed by atoms with Gasteiger partial charge in [0.2, 0.25) is 5.91 Å². The fourth-order valence-electron chi connectivity index (χ4n) is 2.42. The summed E-state index contributed by atoms with van der Waals surface area (Å²) in [6, 6.07) is 8.12. The lowest BCUT2D eigenvalue weighted by Crippen LogP contribution is -2.33. The Morgan fingerprint density at radius 1 is 1.32 bits per heavy atom. The van der Waals surface area contributed by atoms with E-state index in [1.54, 1.807) is 6.92 Å². The van der Waals surface area contributed by atoms with E-state index in [1.807, 2.05) is 12.1 Å². The third kappa shape index (κ3) is 3.34. The second-order valence-electron chi connectivity index (χ2n) is 5.19. The van der Waals surface area contributed by atoms with Crippen LogP contribution in [0.3, 0.4) is 0 Å². The van der Waals surface area contributed by atoms with E-state index in [1.165, 1.54) is 11.1 Å². The van der Waals surface area contributed by atoms with Crippen molar-refractivity contribution in [3.63, 3.8) is 0 Å². The lowest BCUT2D eigenvalue weighted by Gasteiger charge is -2.11. The van der Waals surface area contributed by atoms with Crippen LogP contribution < -0.4 is 5.32 Å². The van der Waals surface area contributed by atoms with Crippen LogP contribution in [0.5, 0.6) is 0 Å². The van der Waals surface area contributed by atoms with E-state index in [0.717, 1.165) is 12.8 Å². The summed E-state index contributed by atoms with van der Waals surface area (Å²) in [5.41, 5.74) is 2.50. The Hall–Kier alpha value is -1.84. The summed E-state index contributed by atoms with van der Waals surface area (Å²) in [4.78, 5) is 22.7. The maximum absolute atomic E-state index is 12.0. The van der Waals surface area contributed by atoms with Crippen molar-refractivity contribution in [1.82, 2.24) is 5.32 Å². The third-order valence-electron chi connectivity index (χ3n) is 3.72. The Morgan fingerprint density at radius 2 is 1.89 bits per heavy atom. The number of amides is 1. The molecule has 1 unspecified atom stereocenters. The van der Waals surface area contributed by atoms with Gasteiger partial charge in [-0.2, -0.15) is 0 Å². The molecule has 0 fully saturated rings. The third-order valence-corrected chi connectivity index (χ3v) is 3.72. The quantitative estimate of drug-likeness (QED) is 0.846. The number of rotatable bonds is 5. The van der Waals surface area contributed by atoms with Crippen LogP contribution in [0.15, 0.2) is 24.3 Å². The summed E-state index contributed by atoms with van der Waals surface area (Å²) in [5, 5.41) is 11.6. The molecule has 2 rings (SSSR count). The van der Waals surface area contributed by atoms with Crippen LogP contribution in [0.1, 0.15) is 24.5 Å². The van der Waals surface area contributed by atoms with E-state index in [4.69, 9.17) is 5.11 Å². The lowest BCUT2D eigenvalue weighted by atomic mass is 10.0. The average molecular weight is 261 g/mol. The number of hydrogen-bond donors (Lipinski definition) is 2. The number of carboxylic acid groups (broad SMARTS) is 1. The highest BCUT2D eigenvalue weighted by Gasteiger charge is 2.26.